The van der Waals surface area contributed by atoms with Gasteiger partial charge < -0.3 is 10.5 Å². The Hall–Kier alpha value is -0.680. The summed E-state index contributed by atoms with van der Waals surface area (Å²) >= 11 is 0. The quantitative estimate of drug-likeness (QED) is 0.916. The lowest BCUT2D eigenvalue weighted by molar-refractivity contribution is -0.0364. The molecule has 1 aromatic carbocycles. The maximum absolute atomic E-state index is 13.2. The average Bonchev–Trinajstić information content (AvgIpc) is 2.38. The summed E-state index contributed by atoms with van der Waals surface area (Å²) in [5.74, 6) is -0.182. The second-order valence-corrected chi connectivity index (χ2v) is 4.45. The van der Waals surface area contributed by atoms with Gasteiger partial charge in [-0.1, -0.05) is 12.1 Å². The number of halogens is 2. The number of nitrogens with zero attached hydrogens (tertiary/aromatic N) is 1. The van der Waals surface area contributed by atoms with Gasteiger partial charge in [-0.15, -0.1) is 12.4 Å². The summed E-state index contributed by atoms with van der Waals surface area (Å²) in [6.45, 7) is 5.00. The fourth-order valence-corrected chi connectivity index (χ4v) is 2.21. The van der Waals surface area contributed by atoms with E-state index in [1.807, 2.05) is 6.07 Å². The summed E-state index contributed by atoms with van der Waals surface area (Å²) in [5.41, 5.74) is 6.62. The lowest BCUT2D eigenvalue weighted by atomic mass is 10.1. The Morgan fingerprint density at radius 1 is 1.56 bits per heavy atom. The number of hydrogen-bond acceptors (Lipinski definition) is 3. The Morgan fingerprint density at radius 2 is 2.33 bits per heavy atom. The van der Waals surface area contributed by atoms with E-state index in [1.54, 1.807) is 12.1 Å². The molecule has 1 aliphatic rings. The highest BCUT2D eigenvalue weighted by atomic mass is 35.5. The van der Waals surface area contributed by atoms with Crippen molar-refractivity contribution in [2.45, 2.75) is 19.1 Å². The molecule has 0 saturated carbocycles. The van der Waals surface area contributed by atoms with Crippen LogP contribution in [0.15, 0.2) is 24.3 Å². The molecule has 0 amide bonds. The van der Waals surface area contributed by atoms with E-state index in [-0.39, 0.29) is 30.4 Å². The Labute approximate surface area is 114 Å². The maximum Gasteiger partial charge on any atom is 0.123 e. The zero-order valence-electron chi connectivity index (χ0n) is 10.5. The molecule has 3 nitrogen and oxygen atoms in total. The van der Waals surface area contributed by atoms with E-state index >= 15 is 0 Å². The van der Waals surface area contributed by atoms with Crippen molar-refractivity contribution in [2.75, 3.05) is 26.2 Å². The summed E-state index contributed by atoms with van der Waals surface area (Å²) in [6, 6.07) is 6.97. The fourth-order valence-electron chi connectivity index (χ4n) is 2.21. The van der Waals surface area contributed by atoms with Crippen LogP contribution in [0.1, 0.15) is 18.5 Å². The molecule has 0 aromatic heterocycles. The van der Waals surface area contributed by atoms with Crippen molar-refractivity contribution in [3.05, 3.63) is 35.6 Å². The van der Waals surface area contributed by atoms with Crippen LogP contribution in [0.2, 0.25) is 0 Å². The standard InChI is InChI=1S/C13H19FN2O.ClH/c1-10(11-3-2-4-12(14)7-11)16-5-6-17-13(8-15)9-16;/h2-4,7,10,13H,5-6,8-9,15H2,1H3;1H. The normalized spacial score (nSPS) is 22.3. The molecule has 2 rings (SSSR count). The number of ether oxygens (including phenoxy) is 1. The lowest BCUT2D eigenvalue weighted by Gasteiger charge is -2.36. The van der Waals surface area contributed by atoms with Crippen LogP contribution in [0.25, 0.3) is 0 Å². The SMILES string of the molecule is CC(c1cccc(F)c1)N1CCOC(CN)C1.Cl. The molecular weight excluding hydrogens is 255 g/mol. The highest BCUT2D eigenvalue weighted by Gasteiger charge is 2.24. The number of benzene rings is 1. The summed E-state index contributed by atoms with van der Waals surface area (Å²) in [5, 5.41) is 0. The number of hydrogen-bond donors (Lipinski definition) is 1. The molecule has 0 spiro atoms. The second kappa shape index (κ2) is 7.04. The largest absolute Gasteiger partial charge is 0.374 e. The van der Waals surface area contributed by atoms with Crippen LogP contribution >= 0.6 is 12.4 Å². The van der Waals surface area contributed by atoms with Gasteiger partial charge in [0, 0.05) is 25.7 Å². The molecule has 0 radical (unpaired) electrons. The number of morpholine rings is 1. The van der Waals surface area contributed by atoms with Crippen LogP contribution in [-0.4, -0.2) is 37.2 Å². The van der Waals surface area contributed by atoms with Gasteiger partial charge in [0.05, 0.1) is 12.7 Å². The van der Waals surface area contributed by atoms with E-state index < -0.39 is 0 Å². The zero-order chi connectivity index (χ0) is 12.3. The molecule has 0 aliphatic carbocycles. The summed E-state index contributed by atoms with van der Waals surface area (Å²) in [4.78, 5) is 2.29. The molecule has 2 unspecified atom stereocenters. The van der Waals surface area contributed by atoms with Crippen LogP contribution in [0.5, 0.6) is 0 Å². The summed E-state index contributed by atoms with van der Waals surface area (Å²) in [7, 11) is 0. The van der Waals surface area contributed by atoms with Gasteiger partial charge in [-0.05, 0) is 24.6 Å². The van der Waals surface area contributed by atoms with Crippen LogP contribution in [0.3, 0.4) is 0 Å². The third kappa shape index (κ3) is 3.65. The van der Waals surface area contributed by atoms with Gasteiger partial charge in [0.25, 0.3) is 0 Å². The molecule has 1 saturated heterocycles. The average molecular weight is 275 g/mol. The van der Waals surface area contributed by atoms with E-state index in [9.17, 15) is 4.39 Å². The third-order valence-electron chi connectivity index (χ3n) is 3.31. The zero-order valence-corrected chi connectivity index (χ0v) is 11.3. The third-order valence-corrected chi connectivity index (χ3v) is 3.31. The molecule has 2 N–H and O–H groups in total. The van der Waals surface area contributed by atoms with Crippen LogP contribution in [0, 0.1) is 5.82 Å². The predicted molar refractivity (Wildman–Crippen MR) is 72.4 cm³/mol. The molecular formula is C13H20ClFN2O. The molecule has 1 heterocycles. The predicted octanol–water partition coefficient (Wildman–Crippen LogP) is 1.97. The van der Waals surface area contributed by atoms with Crippen molar-refractivity contribution in [1.82, 2.24) is 4.90 Å². The Bertz CT molecular complexity index is 378. The van der Waals surface area contributed by atoms with Gasteiger partial charge >= 0.3 is 0 Å². The van der Waals surface area contributed by atoms with Gasteiger partial charge in [0.1, 0.15) is 5.82 Å². The summed E-state index contributed by atoms with van der Waals surface area (Å²) in [6.07, 6.45) is 0.0970. The highest BCUT2D eigenvalue weighted by molar-refractivity contribution is 5.85. The Balaban J connectivity index is 0.00000162. The van der Waals surface area contributed by atoms with E-state index in [2.05, 4.69) is 11.8 Å². The Kier molecular flexibility index (Phi) is 6.02. The van der Waals surface area contributed by atoms with E-state index in [4.69, 9.17) is 10.5 Å². The monoisotopic (exact) mass is 274 g/mol. The lowest BCUT2D eigenvalue weighted by Crippen LogP contribution is -2.46. The van der Waals surface area contributed by atoms with Crippen LogP contribution in [-0.2, 0) is 4.74 Å². The molecule has 1 aliphatic heterocycles. The Morgan fingerprint density at radius 3 is 3.00 bits per heavy atom. The van der Waals surface area contributed by atoms with Crippen molar-refractivity contribution in [3.63, 3.8) is 0 Å². The summed E-state index contributed by atoms with van der Waals surface area (Å²) < 4.78 is 18.7. The van der Waals surface area contributed by atoms with Gasteiger partial charge in [-0.3, -0.25) is 4.90 Å². The number of nitrogens with two attached hydrogens (primary N) is 1. The first kappa shape index (κ1) is 15.4. The molecule has 1 aromatic rings. The smallest absolute Gasteiger partial charge is 0.123 e. The first-order valence-electron chi connectivity index (χ1n) is 6.02. The van der Waals surface area contributed by atoms with Crippen molar-refractivity contribution in [2.24, 2.45) is 5.73 Å². The second-order valence-electron chi connectivity index (χ2n) is 4.45. The van der Waals surface area contributed by atoms with Gasteiger partial charge in [0.15, 0.2) is 0 Å². The molecule has 0 bridgehead atoms. The maximum atomic E-state index is 13.2. The van der Waals surface area contributed by atoms with Crippen molar-refractivity contribution >= 4 is 12.4 Å². The molecule has 1 fully saturated rings. The molecule has 18 heavy (non-hydrogen) atoms. The topological polar surface area (TPSA) is 38.5 Å². The number of rotatable bonds is 3. The van der Waals surface area contributed by atoms with E-state index in [0.717, 1.165) is 18.7 Å². The minimum atomic E-state index is -0.182. The van der Waals surface area contributed by atoms with Crippen LogP contribution in [0.4, 0.5) is 4.39 Å². The molecule has 5 heteroatoms. The van der Waals surface area contributed by atoms with Crippen LogP contribution < -0.4 is 5.73 Å². The van der Waals surface area contributed by atoms with Crippen molar-refractivity contribution in [1.29, 1.82) is 0 Å². The van der Waals surface area contributed by atoms with E-state index in [1.165, 1.54) is 6.07 Å². The van der Waals surface area contributed by atoms with Gasteiger partial charge in [-0.2, -0.15) is 0 Å². The first-order chi connectivity index (χ1) is 8.20. The molecule has 2 atom stereocenters. The first-order valence-corrected chi connectivity index (χ1v) is 6.02. The van der Waals surface area contributed by atoms with Crippen molar-refractivity contribution < 1.29 is 9.13 Å². The van der Waals surface area contributed by atoms with Gasteiger partial charge in [0.2, 0.25) is 0 Å². The van der Waals surface area contributed by atoms with Gasteiger partial charge in [-0.25, -0.2) is 4.39 Å². The molecule has 102 valence electrons. The van der Waals surface area contributed by atoms with Crippen molar-refractivity contribution in [3.8, 4) is 0 Å². The van der Waals surface area contributed by atoms with E-state index in [0.29, 0.717) is 13.2 Å². The highest BCUT2D eigenvalue weighted by Crippen LogP contribution is 2.22. The minimum absolute atomic E-state index is 0. The minimum Gasteiger partial charge on any atom is -0.374 e. The fraction of sp³-hybridized carbons (Fsp3) is 0.538.